The number of rotatable bonds is 5. The number of hydrogen-bond acceptors (Lipinski definition) is 4. The van der Waals surface area contributed by atoms with E-state index in [1.54, 1.807) is 12.1 Å². The van der Waals surface area contributed by atoms with Crippen molar-refractivity contribution in [1.82, 2.24) is 15.3 Å². The number of nitrogens with zero attached hydrogens (tertiary/aromatic N) is 1. The number of phenolic OH excluding ortho intramolecular Hbond substituents is 1. The molecule has 3 heterocycles. The molecule has 0 bridgehead atoms. The van der Waals surface area contributed by atoms with Crippen LogP contribution in [-0.2, 0) is 6.42 Å². The van der Waals surface area contributed by atoms with E-state index >= 15 is 0 Å². The molecule has 0 spiro atoms. The average molecular weight is 389 g/mol. The molecule has 2 fully saturated rings. The standard InChI is InChI=1S/C24H27N3O2/c28-21-5-1-3-16(9-8-15-6-7-15)23(21)20-13-19(17-4-2-12-25-14-17)18-10-11-22(29)27-24(18)26-20/h1,3,5,10-11,13,15,17,25,28H,2,4,6-9,12,14H2,(H,26,27,29). The van der Waals surface area contributed by atoms with Crippen LogP contribution in [0.3, 0.4) is 0 Å². The molecular weight excluding hydrogens is 362 g/mol. The Balaban J connectivity index is 1.66. The van der Waals surface area contributed by atoms with Crippen LogP contribution in [-0.4, -0.2) is 28.2 Å². The summed E-state index contributed by atoms with van der Waals surface area (Å²) in [5.41, 5.74) is 4.35. The summed E-state index contributed by atoms with van der Waals surface area (Å²) < 4.78 is 0. The Morgan fingerprint density at radius 1 is 1.14 bits per heavy atom. The second-order valence-corrected chi connectivity index (χ2v) is 8.52. The fourth-order valence-corrected chi connectivity index (χ4v) is 4.60. The van der Waals surface area contributed by atoms with Gasteiger partial charge in [-0.1, -0.05) is 25.0 Å². The predicted octanol–water partition coefficient (Wildman–Crippen LogP) is 4.11. The minimum Gasteiger partial charge on any atom is -0.507 e. The third-order valence-corrected chi connectivity index (χ3v) is 6.37. The van der Waals surface area contributed by atoms with E-state index in [9.17, 15) is 9.90 Å². The van der Waals surface area contributed by atoms with Crippen LogP contribution in [0.5, 0.6) is 5.75 Å². The van der Waals surface area contributed by atoms with Crippen LogP contribution in [0.25, 0.3) is 22.3 Å². The van der Waals surface area contributed by atoms with Gasteiger partial charge in [-0.15, -0.1) is 0 Å². The maximum Gasteiger partial charge on any atom is 0.249 e. The fourth-order valence-electron chi connectivity index (χ4n) is 4.60. The summed E-state index contributed by atoms with van der Waals surface area (Å²) in [6.45, 7) is 1.97. The molecule has 1 aliphatic carbocycles. The largest absolute Gasteiger partial charge is 0.507 e. The first kappa shape index (κ1) is 18.4. The van der Waals surface area contributed by atoms with Gasteiger partial charge in [0.1, 0.15) is 11.4 Å². The first-order chi connectivity index (χ1) is 14.2. The van der Waals surface area contributed by atoms with Gasteiger partial charge in [-0.2, -0.15) is 0 Å². The maximum atomic E-state index is 12.0. The number of benzene rings is 1. The molecule has 3 N–H and O–H groups in total. The molecule has 1 saturated heterocycles. The molecule has 1 atom stereocenters. The third kappa shape index (κ3) is 3.79. The molecule has 0 amide bonds. The van der Waals surface area contributed by atoms with E-state index < -0.39 is 0 Å². The monoisotopic (exact) mass is 389 g/mol. The van der Waals surface area contributed by atoms with E-state index in [2.05, 4.69) is 22.4 Å². The van der Waals surface area contributed by atoms with Crippen LogP contribution in [0.1, 0.15) is 49.1 Å². The van der Waals surface area contributed by atoms with Crippen molar-refractivity contribution in [2.24, 2.45) is 5.92 Å². The van der Waals surface area contributed by atoms with Crippen molar-refractivity contribution < 1.29 is 5.11 Å². The smallest absolute Gasteiger partial charge is 0.249 e. The molecule has 5 heteroatoms. The summed E-state index contributed by atoms with van der Waals surface area (Å²) >= 11 is 0. The van der Waals surface area contributed by atoms with E-state index in [0.29, 0.717) is 11.6 Å². The molecule has 1 unspecified atom stereocenters. The topological polar surface area (TPSA) is 78.0 Å². The van der Waals surface area contributed by atoms with E-state index in [1.165, 1.54) is 18.4 Å². The molecule has 29 heavy (non-hydrogen) atoms. The number of H-pyrrole nitrogens is 1. The lowest BCUT2D eigenvalue weighted by Crippen LogP contribution is -2.28. The van der Waals surface area contributed by atoms with Crippen molar-refractivity contribution in [3.8, 4) is 17.0 Å². The van der Waals surface area contributed by atoms with Crippen LogP contribution in [0, 0.1) is 5.92 Å². The summed E-state index contributed by atoms with van der Waals surface area (Å²) in [6.07, 6.45) is 6.99. The number of aromatic amines is 1. The Morgan fingerprint density at radius 2 is 2.03 bits per heavy atom. The minimum absolute atomic E-state index is 0.152. The molecular formula is C24H27N3O2. The van der Waals surface area contributed by atoms with Gasteiger partial charge in [0.05, 0.1) is 5.69 Å². The fraction of sp³-hybridized carbons (Fsp3) is 0.417. The Hall–Kier alpha value is -2.66. The highest BCUT2D eigenvalue weighted by Gasteiger charge is 2.24. The lowest BCUT2D eigenvalue weighted by atomic mass is 9.88. The van der Waals surface area contributed by atoms with Crippen LogP contribution >= 0.6 is 0 Å². The SMILES string of the molecule is O=c1ccc2c(C3CCCNC3)cc(-c3c(O)cccc3CCC3CC3)nc2[nH]1. The van der Waals surface area contributed by atoms with Gasteiger partial charge in [0.15, 0.2) is 0 Å². The third-order valence-electron chi connectivity index (χ3n) is 6.37. The highest BCUT2D eigenvalue weighted by atomic mass is 16.3. The summed E-state index contributed by atoms with van der Waals surface area (Å²) in [4.78, 5) is 19.7. The number of aryl methyl sites for hydroxylation is 1. The lowest BCUT2D eigenvalue weighted by Gasteiger charge is -2.25. The average Bonchev–Trinajstić information content (AvgIpc) is 3.56. The Bertz CT molecular complexity index is 1090. The van der Waals surface area contributed by atoms with Crippen molar-refractivity contribution in [3.63, 3.8) is 0 Å². The van der Waals surface area contributed by atoms with Gasteiger partial charge in [0.2, 0.25) is 5.56 Å². The number of phenols is 1. The zero-order valence-electron chi connectivity index (χ0n) is 16.6. The van der Waals surface area contributed by atoms with Crippen LogP contribution < -0.4 is 10.9 Å². The van der Waals surface area contributed by atoms with Crippen molar-refractivity contribution >= 4 is 11.0 Å². The quantitative estimate of drug-likeness (QED) is 0.614. The van der Waals surface area contributed by atoms with Crippen molar-refractivity contribution in [2.45, 2.75) is 44.4 Å². The van der Waals surface area contributed by atoms with Gasteiger partial charge < -0.3 is 15.4 Å². The number of piperidine rings is 1. The molecule has 2 aromatic heterocycles. The van der Waals surface area contributed by atoms with Gasteiger partial charge >= 0.3 is 0 Å². The number of aromatic nitrogens is 2. The Morgan fingerprint density at radius 3 is 2.83 bits per heavy atom. The molecule has 1 saturated carbocycles. The molecule has 1 aromatic carbocycles. The second-order valence-electron chi connectivity index (χ2n) is 8.52. The number of fused-ring (bicyclic) bond motifs is 1. The lowest BCUT2D eigenvalue weighted by molar-refractivity contribution is 0.463. The number of pyridine rings is 2. The minimum atomic E-state index is -0.152. The van der Waals surface area contributed by atoms with E-state index in [0.717, 1.165) is 66.9 Å². The van der Waals surface area contributed by atoms with Crippen molar-refractivity contribution in [1.29, 1.82) is 0 Å². The number of nitrogens with one attached hydrogen (secondary N) is 2. The summed E-state index contributed by atoms with van der Waals surface area (Å²) in [7, 11) is 0. The zero-order valence-corrected chi connectivity index (χ0v) is 16.6. The molecule has 0 radical (unpaired) electrons. The van der Waals surface area contributed by atoms with Crippen LogP contribution in [0.4, 0.5) is 0 Å². The Labute approximate surface area is 170 Å². The van der Waals surface area contributed by atoms with Crippen molar-refractivity contribution in [2.75, 3.05) is 13.1 Å². The molecule has 5 rings (SSSR count). The van der Waals surface area contributed by atoms with Crippen LogP contribution in [0.2, 0.25) is 0 Å². The van der Waals surface area contributed by atoms with Crippen LogP contribution in [0.15, 0.2) is 41.2 Å². The molecule has 2 aliphatic rings. The van der Waals surface area contributed by atoms with Gasteiger partial charge in [-0.05, 0) is 73.4 Å². The van der Waals surface area contributed by atoms with Gasteiger partial charge in [-0.3, -0.25) is 4.79 Å². The molecule has 5 nitrogen and oxygen atoms in total. The highest BCUT2D eigenvalue weighted by molar-refractivity contribution is 5.84. The van der Waals surface area contributed by atoms with E-state index in [1.807, 2.05) is 12.1 Å². The summed E-state index contributed by atoms with van der Waals surface area (Å²) in [5, 5.41) is 15.2. The molecule has 1 aliphatic heterocycles. The molecule has 3 aromatic rings. The maximum absolute atomic E-state index is 12.0. The normalized spacial score (nSPS) is 19.5. The highest BCUT2D eigenvalue weighted by Crippen LogP contribution is 2.39. The summed E-state index contributed by atoms with van der Waals surface area (Å²) in [5.74, 6) is 1.46. The molecule has 150 valence electrons. The van der Waals surface area contributed by atoms with Gasteiger partial charge in [-0.25, -0.2) is 4.98 Å². The number of hydrogen-bond donors (Lipinski definition) is 3. The van der Waals surface area contributed by atoms with E-state index in [4.69, 9.17) is 4.98 Å². The second kappa shape index (κ2) is 7.64. The Kier molecular flexibility index (Phi) is 4.84. The first-order valence-electron chi connectivity index (χ1n) is 10.7. The zero-order chi connectivity index (χ0) is 19.8. The predicted molar refractivity (Wildman–Crippen MR) is 115 cm³/mol. The van der Waals surface area contributed by atoms with Gasteiger partial charge in [0, 0.05) is 23.6 Å². The van der Waals surface area contributed by atoms with Gasteiger partial charge in [0.25, 0.3) is 0 Å². The summed E-state index contributed by atoms with van der Waals surface area (Å²) in [6, 6.07) is 11.3. The van der Waals surface area contributed by atoms with Crippen molar-refractivity contribution in [3.05, 3.63) is 57.9 Å². The van der Waals surface area contributed by atoms with E-state index in [-0.39, 0.29) is 11.3 Å². The number of aromatic hydroxyl groups is 1. The first-order valence-corrected chi connectivity index (χ1v) is 10.7.